The molecule has 8 heteroatoms. The van der Waals surface area contributed by atoms with Crippen LogP contribution in [0.25, 0.3) is 0 Å². The van der Waals surface area contributed by atoms with Gasteiger partial charge in [-0.15, -0.1) is 0 Å². The summed E-state index contributed by atoms with van der Waals surface area (Å²) >= 11 is 0. The Balaban J connectivity index is 4.14. The Morgan fingerprint density at radius 3 is 2.10 bits per heavy atom. The second-order valence-electron chi connectivity index (χ2n) is 6.13. The van der Waals surface area contributed by atoms with E-state index in [1.165, 1.54) is 0 Å². The molecule has 6 N–H and O–H groups in total. The minimum absolute atomic E-state index is 0.380. The Hall–Kier alpha value is -0.513. The highest BCUT2D eigenvalue weighted by Crippen LogP contribution is 2.10. The molecule has 0 fully saturated rings. The molecule has 0 aliphatic heterocycles. The van der Waals surface area contributed by atoms with Gasteiger partial charge < -0.3 is 30.8 Å². The van der Waals surface area contributed by atoms with Crippen LogP contribution < -0.4 is 5.32 Å². The van der Waals surface area contributed by atoms with Gasteiger partial charge in [0.1, 0.15) is 18.3 Å². The summed E-state index contributed by atoms with van der Waals surface area (Å²) in [6.45, 7) is 6.23. The lowest BCUT2D eigenvalue weighted by Crippen LogP contribution is -2.51. The monoisotopic (exact) mass is 309 g/mol. The number of amides is 1. The Bertz CT molecular complexity index is 296. The standard InChI is InChI=1S/C12H27NO6Si/c1-20(2,3)6-4-5-13-12(19)11(18)10(17)9(16)8(15)7-14/h8-11,14-18H,4-7H2,1-3H3,(H,13,19). The number of hydrogen-bond donors (Lipinski definition) is 6. The summed E-state index contributed by atoms with van der Waals surface area (Å²) < 4.78 is 0. The third-order valence-corrected chi connectivity index (χ3v) is 4.78. The Labute approximate surface area is 120 Å². The van der Waals surface area contributed by atoms with Crippen LogP contribution in [-0.4, -0.2) is 77.1 Å². The van der Waals surface area contributed by atoms with Crippen LogP contribution in [0.3, 0.4) is 0 Å². The van der Waals surface area contributed by atoms with Gasteiger partial charge in [-0.3, -0.25) is 4.79 Å². The summed E-state index contributed by atoms with van der Waals surface area (Å²) in [6.07, 6.45) is -6.32. The van der Waals surface area contributed by atoms with E-state index in [9.17, 15) is 20.1 Å². The van der Waals surface area contributed by atoms with Gasteiger partial charge in [-0.25, -0.2) is 0 Å². The molecule has 4 atom stereocenters. The van der Waals surface area contributed by atoms with Crippen LogP contribution in [0.1, 0.15) is 6.42 Å². The van der Waals surface area contributed by atoms with E-state index in [1.54, 1.807) is 0 Å². The van der Waals surface area contributed by atoms with Crippen LogP contribution in [0.4, 0.5) is 0 Å². The van der Waals surface area contributed by atoms with Crippen molar-refractivity contribution in [2.24, 2.45) is 0 Å². The molecule has 0 saturated carbocycles. The third kappa shape index (κ3) is 7.32. The highest BCUT2D eigenvalue weighted by atomic mass is 28.3. The number of carbonyl (C=O) groups excluding carboxylic acids is 1. The van der Waals surface area contributed by atoms with Gasteiger partial charge in [-0.1, -0.05) is 25.7 Å². The van der Waals surface area contributed by atoms with Crippen molar-refractivity contribution < 1.29 is 30.3 Å². The van der Waals surface area contributed by atoms with E-state index in [-0.39, 0.29) is 0 Å². The maximum atomic E-state index is 11.6. The van der Waals surface area contributed by atoms with Crippen molar-refractivity contribution in [1.82, 2.24) is 5.32 Å². The van der Waals surface area contributed by atoms with Crippen LogP contribution >= 0.6 is 0 Å². The van der Waals surface area contributed by atoms with Crippen molar-refractivity contribution >= 4 is 14.0 Å². The fourth-order valence-corrected chi connectivity index (χ4v) is 2.85. The molecule has 0 aliphatic carbocycles. The van der Waals surface area contributed by atoms with Crippen molar-refractivity contribution in [2.75, 3.05) is 13.2 Å². The highest BCUT2D eigenvalue weighted by molar-refractivity contribution is 6.76. The Kier molecular flexibility index (Phi) is 8.48. The van der Waals surface area contributed by atoms with E-state index in [0.717, 1.165) is 12.5 Å². The second kappa shape index (κ2) is 8.70. The number of aliphatic hydroxyl groups excluding tert-OH is 5. The molecule has 4 unspecified atom stereocenters. The van der Waals surface area contributed by atoms with Gasteiger partial charge in [0, 0.05) is 14.6 Å². The van der Waals surface area contributed by atoms with Crippen molar-refractivity contribution in [1.29, 1.82) is 0 Å². The molecule has 0 bridgehead atoms. The Morgan fingerprint density at radius 2 is 1.65 bits per heavy atom. The maximum Gasteiger partial charge on any atom is 0.251 e. The minimum Gasteiger partial charge on any atom is -0.394 e. The van der Waals surface area contributed by atoms with Gasteiger partial charge >= 0.3 is 0 Å². The lowest BCUT2D eigenvalue weighted by molar-refractivity contribution is -0.148. The molecular formula is C12H27NO6Si. The van der Waals surface area contributed by atoms with E-state index in [2.05, 4.69) is 25.0 Å². The molecule has 0 radical (unpaired) electrons. The van der Waals surface area contributed by atoms with Crippen LogP contribution in [0.2, 0.25) is 25.7 Å². The average molecular weight is 309 g/mol. The van der Waals surface area contributed by atoms with E-state index < -0.39 is 45.0 Å². The van der Waals surface area contributed by atoms with Crippen LogP contribution in [0.5, 0.6) is 0 Å². The fourth-order valence-electron chi connectivity index (χ4n) is 1.61. The molecule has 7 nitrogen and oxygen atoms in total. The zero-order chi connectivity index (χ0) is 15.9. The number of rotatable bonds is 9. The molecule has 20 heavy (non-hydrogen) atoms. The summed E-state index contributed by atoms with van der Waals surface area (Å²) in [5.41, 5.74) is 0. The Morgan fingerprint density at radius 1 is 1.10 bits per heavy atom. The molecule has 0 aliphatic rings. The first-order valence-corrected chi connectivity index (χ1v) is 10.4. The smallest absolute Gasteiger partial charge is 0.251 e. The maximum absolute atomic E-state index is 11.6. The SMILES string of the molecule is C[Si](C)(C)CCCNC(=O)C(O)C(O)C(O)C(O)CO. The fraction of sp³-hybridized carbons (Fsp3) is 0.917. The number of aliphatic hydroxyl groups is 5. The zero-order valence-corrected chi connectivity index (χ0v) is 13.3. The summed E-state index contributed by atoms with van der Waals surface area (Å²) in [6, 6.07) is 1.03. The lowest BCUT2D eigenvalue weighted by atomic mass is 10.0. The van der Waals surface area contributed by atoms with Gasteiger partial charge in [0.05, 0.1) is 6.61 Å². The highest BCUT2D eigenvalue weighted by Gasteiger charge is 2.33. The number of carbonyl (C=O) groups is 1. The normalized spacial score (nSPS) is 18.2. The molecule has 0 aromatic carbocycles. The van der Waals surface area contributed by atoms with Gasteiger partial charge in [-0.2, -0.15) is 0 Å². The molecular weight excluding hydrogens is 282 g/mol. The van der Waals surface area contributed by atoms with E-state index >= 15 is 0 Å². The first kappa shape index (κ1) is 19.5. The quantitative estimate of drug-likeness (QED) is 0.222. The first-order valence-electron chi connectivity index (χ1n) is 6.71. The van der Waals surface area contributed by atoms with Gasteiger partial charge in [0.25, 0.3) is 5.91 Å². The van der Waals surface area contributed by atoms with E-state index in [1.807, 2.05) is 0 Å². The van der Waals surface area contributed by atoms with Crippen LogP contribution in [-0.2, 0) is 4.79 Å². The third-order valence-electron chi connectivity index (χ3n) is 2.93. The molecule has 0 aromatic heterocycles. The summed E-state index contributed by atoms with van der Waals surface area (Å²) in [7, 11) is -1.18. The average Bonchev–Trinajstić information content (AvgIpc) is 2.38. The predicted molar refractivity (Wildman–Crippen MR) is 76.9 cm³/mol. The van der Waals surface area contributed by atoms with Crippen molar-refractivity contribution in [3.63, 3.8) is 0 Å². The molecule has 0 spiro atoms. The molecule has 1 amide bonds. The second-order valence-corrected chi connectivity index (χ2v) is 11.8. The lowest BCUT2D eigenvalue weighted by Gasteiger charge is -2.25. The van der Waals surface area contributed by atoms with Gasteiger partial charge in [0.2, 0.25) is 0 Å². The number of nitrogens with one attached hydrogen (secondary N) is 1. The van der Waals surface area contributed by atoms with Crippen molar-refractivity contribution in [3.8, 4) is 0 Å². The van der Waals surface area contributed by atoms with Crippen molar-refractivity contribution in [2.45, 2.75) is 56.5 Å². The molecule has 120 valence electrons. The van der Waals surface area contributed by atoms with Crippen molar-refractivity contribution in [3.05, 3.63) is 0 Å². The van der Waals surface area contributed by atoms with Crippen LogP contribution in [0, 0.1) is 0 Å². The van der Waals surface area contributed by atoms with E-state index in [4.69, 9.17) is 10.2 Å². The summed E-state index contributed by atoms with van der Waals surface area (Å²) in [5.74, 6) is -0.808. The topological polar surface area (TPSA) is 130 Å². The van der Waals surface area contributed by atoms with Crippen LogP contribution in [0.15, 0.2) is 0 Å². The summed E-state index contributed by atoms with van der Waals surface area (Å²) in [4.78, 5) is 11.6. The number of hydrogen-bond acceptors (Lipinski definition) is 6. The largest absolute Gasteiger partial charge is 0.394 e. The molecule has 0 rings (SSSR count). The molecule has 0 heterocycles. The molecule has 0 saturated heterocycles. The predicted octanol–water partition coefficient (Wildman–Crippen LogP) is -1.73. The molecule has 0 aromatic rings. The first-order chi connectivity index (χ1) is 9.10. The van der Waals surface area contributed by atoms with Gasteiger partial charge in [0.15, 0.2) is 6.10 Å². The zero-order valence-electron chi connectivity index (χ0n) is 12.3. The summed E-state index contributed by atoms with van der Waals surface area (Å²) in [5, 5.41) is 48.7. The minimum atomic E-state index is -1.85. The van der Waals surface area contributed by atoms with E-state index in [0.29, 0.717) is 6.54 Å². The van der Waals surface area contributed by atoms with Gasteiger partial charge in [-0.05, 0) is 6.42 Å².